The molecule has 4 heteroatoms. The van der Waals surface area contributed by atoms with Gasteiger partial charge in [-0.25, -0.2) is 0 Å². The number of morpholine rings is 1. The number of benzene rings is 1. The Morgan fingerprint density at radius 1 is 1.38 bits per heavy atom. The normalized spacial score (nSPS) is 20.9. The van der Waals surface area contributed by atoms with E-state index >= 15 is 0 Å². The van der Waals surface area contributed by atoms with Crippen molar-refractivity contribution >= 4 is 11.6 Å². The molecular formula is C12H17ClN2O. The molecule has 0 spiro atoms. The minimum Gasteiger partial charge on any atom is -0.374 e. The average molecular weight is 241 g/mol. The lowest BCUT2D eigenvalue weighted by atomic mass is 10.2. The van der Waals surface area contributed by atoms with E-state index in [-0.39, 0.29) is 0 Å². The van der Waals surface area contributed by atoms with E-state index in [0.717, 1.165) is 37.8 Å². The summed E-state index contributed by atoms with van der Waals surface area (Å²) in [6.07, 6.45) is 0.293. The summed E-state index contributed by atoms with van der Waals surface area (Å²) < 4.78 is 5.59. The van der Waals surface area contributed by atoms with Crippen molar-refractivity contribution in [3.63, 3.8) is 0 Å². The van der Waals surface area contributed by atoms with Crippen LogP contribution in [0.1, 0.15) is 5.56 Å². The molecule has 16 heavy (non-hydrogen) atoms. The average Bonchev–Trinajstić information content (AvgIpc) is 2.33. The van der Waals surface area contributed by atoms with Crippen LogP contribution in [0, 0.1) is 0 Å². The molecule has 88 valence electrons. The highest BCUT2D eigenvalue weighted by Gasteiger charge is 2.11. The third-order valence-electron chi connectivity index (χ3n) is 2.62. The molecule has 0 aliphatic carbocycles. The molecule has 1 aliphatic rings. The van der Waals surface area contributed by atoms with E-state index < -0.39 is 0 Å². The lowest BCUT2D eigenvalue weighted by Gasteiger charge is -2.23. The van der Waals surface area contributed by atoms with Crippen molar-refractivity contribution in [3.8, 4) is 0 Å². The molecular weight excluding hydrogens is 224 g/mol. The monoisotopic (exact) mass is 240 g/mol. The van der Waals surface area contributed by atoms with Gasteiger partial charge in [-0.15, -0.1) is 0 Å². The highest BCUT2D eigenvalue weighted by Crippen LogP contribution is 2.09. The van der Waals surface area contributed by atoms with Gasteiger partial charge < -0.3 is 15.4 Å². The molecule has 0 aromatic heterocycles. The first-order valence-corrected chi connectivity index (χ1v) is 6.00. The van der Waals surface area contributed by atoms with Crippen LogP contribution in [0.15, 0.2) is 24.3 Å². The zero-order chi connectivity index (χ0) is 11.2. The quantitative estimate of drug-likeness (QED) is 0.835. The second kappa shape index (κ2) is 6.21. The molecule has 1 unspecified atom stereocenters. The lowest BCUT2D eigenvalue weighted by Crippen LogP contribution is -2.43. The van der Waals surface area contributed by atoms with Crippen LogP contribution < -0.4 is 10.6 Å². The Bertz CT molecular complexity index is 309. The zero-order valence-corrected chi connectivity index (χ0v) is 9.96. The van der Waals surface area contributed by atoms with Gasteiger partial charge in [-0.3, -0.25) is 0 Å². The van der Waals surface area contributed by atoms with Crippen LogP contribution in [0.25, 0.3) is 0 Å². The Morgan fingerprint density at radius 2 is 2.19 bits per heavy atom. The van der Waals surface area contributed by atoms with Crippen LogP contribution in [-0.4, -0.2) is 32.3 Å². The second-order valence-electron chi connectivity index (χ2n) is 3.95. The Hall–Kier alpha value is -0.610. The van der Waals surface area contributed by atoms with Crippen molar-refractivity contribution < 1.29 is 4.74 Å². The van der Waals surface area contributed by atoms with Crippen LogP contribution in [0.3, 0.4) is 0 Å². The Balaban J connectivity index is 1.69. The molecule has 1 aromatic rings. The largest absolute Gasteiger partial charge is 0.374 e. The molecule has 1 saturated heterocycles. The van der Waals surface area contributed by atoms with Gasteiger partial charge in [0.1, 0.15) is 0 Å². The van der Waals surface area contributed by atoms with Gasteiger partial charge in [0.2, 0.25) is 0 Å². The molecule has 0 radical (unpaired) electrons. The summed E-state index contributed by atoms with van der Waals surface area (Å²) in [6.45, 7) is 4.46. The van der Waals surface area contributed by atoms with E-state index in [1.165, 1.54) is 5.56 Å². The van der Waals surface area contributed by atoms with Crippen molar-refractivity contribution in [2.24, 2.45) is 0 Å². The minimum atomic E-state index is 0.293. The van der Waals surface area contributed by atoms with E-state index in [1.807, 2.05) is 24.3 Å². The molecule has 3 nitrogen and oxygen atoms in total. The predicted octanol–water partition coefficient (Wildman–Crippen LogP) is 1.42. The maximum Gasteiger partial charge on any atom is 0.0824 e. The van der Waals surface area contributed by atoms with E-state index in [2.05, 4.69) is 10.6 Å². The molecule has 1 aromatic carbocycles. The summed E-state index contributed by atoms with van der Waals surface area (Å²) in [7, 11) is 0. The molecule has 1 atom stereocenters. The lowest BCUT2D eigenvalue weighted by molar-refractivity contribution is 0.0290. The Morgan fingerprint density at radius 3 is 2.88 bits per heavy atom. The van der Waals surface area contributed by atoms with Gasteiger partial charge >= 0.3 is 0 Å². The Kier molecular flexibility index (Phi) is 4.60. The van der Waals surface area contributed by atoms with Crippen LogP contribution in [0.5, 0.6) is 0 Å². The van der Waals surface area contributed by atoms with Gasteiger partial charge in [-0.1, -0.05) is 23.7 Å². The molecule has 0 amide bonds. The van der Waals surface area contributed by atoms with Crippen molar-refractivity contribution in [1.29, 1.82) is 0 Å². The highest BCUT2D eigenvalue weighted by molar-refractivity contribution is 6.30. The fourth-order valence-electron chi connectivity index (χ4n) is 1.73. The first-order valence-electron chi connectivity index (χ1n) is 5.62. The van der Waals surface area contributed by atoms with Crippen molar-refractivity contribution in [2.75, 3.05) is 26.2 Å². The van der Waals surface area contributed by atoms with Gasteiger partial charge in [0, 0.05) is 31.2 Å². The van der Waals surface area contributed by atoms with Crippen LogP contribution in [0.4, 0.5) is 0 Å². The molecule has 2 N–H and O–H groups in total. The van der Waals surface area contributed by atoms with Crippen LogP contribution in [0.2, 0.25) is 5.02 Å². The topological polar surface area (TPSA) is 33.3 Å². The molecule has 1 heterocycles. The number of hydrogen-bond acceptors (Lipinski definition) is 3. The summed E-state index contributed by atoms with van der Waals surface area (Å²) in [5, 5.41) is 7.47. The SMILES string of the molecule is Clc1ccc(CNCC2CNCCO2)cc1. The second-order valence-corrected chi connectivity index (χ2v) is 4.39. The molecule has 1 aliphatic heterocycles. The van der Waals surface area contributed by atoms with Gasteiger partial charge in [0.25, 0.3) is 0 Å². The molecule has 0 saturated carbocycles. The summed E-state index contributed by atoms with van der Waals surface area (Å²) in [5.41, 5.74) is 1.24. The number of halogens is 1. The van der Waals surface area contributed by atoms with Gasteiger partial charge in [0.05, 0.1) is 12.7 Å². The standard InChI is InChI=1S/C12H17ClN2O/c13-11-3-1-10(2-4-11)7-15-9-12-8-14-5-6-16-12/h1-4,12,14-15H,5-9H2. The maximum atomic E-state index is 5.82. The van der Waals surface area contributed by atoms with Crippen LogP contribution in [-0.2, 0) is 11.3 Å². The summed E-state index contributed by atoms with van der Waals surface area (Å²) in [6, 6.07) is 7.90. The predicted molar refractivity (Wildman–Crippen MR) is 65.8 cm³/mol. The number of hydrogen-bond donors (Lipinski definition) is 2. The van der Waals surface area contributed by atoms with Gasteiger partial charge in [-0.05, 0) is 17.7 Å². The van der Waals surface area contributed by atoms with E-state index in [1.54, 1.807) is 0 Å². The van der Waals surface area contributed by atoms with E-state index in [0.29, 0.717) is 6.10 Å². The van der Waals surface area contributed by atoms with Crippen molar-refractivity contribution in [1.82, 2.24) is 10.6 Å². The van der Waals surface area contributed by atoms with Crippen molar-refractivity contribution in [2.45, 2.75) is 12.6 Å². The summed E-state index contributed by atoms with van der Waals surface area (Å²) >= 11 is 5.82. The first-order chi connectivity index (χ1) is 7.84. The van der Waals surface area contributed by atoms with E-state index in [9.17, 15) is 0 Å². The number of nitrogens with one attached hydrogen (secondary N) is 2. The highest BCUT2D eigenvalue weighted by atomic mass is 35.5. The molecule has 0 bridgehead atoms. The first kappa shape index (κ1) is 11.9. The van der Waals surface area contributed by atoms with Gasteiger partial charge in [0.15, 0.2) is 0 Å². The van der Waals surface area contributed by atoms with Crippen molar-refractivity contribution in [3.05, 3.63) is 34.9 Å². The van der Waals surface area contributed by atoms with Crippen LogP contribution >= 0.6 is 11.6 Å². The van der Waals surface area contributed by atoms with E-state index in [4.69, 9.17) is 16.3 Å². The fourth-order valence-corrected chi connectivity index (χ4v) is 1.86. The summed E-state index contributed by atoms with van der Waals surface area (Å²) in [4.78, 5) is 0. The third kappa shape index (κ3) is 3.76. The zero-order valence-electron chi connectivity index (χ0n) is 9.21. The molecule has 1 fully saturated rings. The van der Waals surface area contributed by atoms with Gasteiger partial charge in [-0.2, -0.15) is 0 Å². The molecule has 2 rings (SSSR count). The fraction of sp³-hybridized carbons (Fsp3) is 0.500. The Labute approximate surface area is 101 Å². The maximum absolute atomic E-state index is 5.82. The smallest absolute Gasteiger partial charge is 0.0824 e. The number of ether oxygens (including phenoxy) is 1. The summed E-state index contributed by atoms with van der Waals surface area (Å²) in [5.74, 6) is 0. The number of rotatable bonds is 4. The minimum absolute atomic E-state index is 0.293. The third-order valence-corrected chi connectivity index (χ3v) is 2.87.